The van der Waals surface area contributed by atoms with E-state index in [2.05, 4.69) is 182 Å². The maximum Gasteiger partial charge on any atom is 0.251 e. The van der Waals surface area contributed by atoms with Gasteiger partial charge < -0.3 is 0 Å². The van der Waals surface area contributed by atoms with Crippen molar-refractivity contribution in [3.05, 3.63) is 164 Å². The Hall–Kier alpha value is -6.50. The Labute approximate surface area is 305 Å². The van der Waals surface area contributed by atoms with Crippen LogP contribution in [0.4, 0.5) is 23.0 Å². The molecule has 2 aromatic heterocycles. The zero-order valence-electron chi connectivity index (χ0n) is 28.3. The lowest BCUT2D eigenvalue weighted by molar-refractivity contribution is 0.933. The summed E-state index contributed by atoms with van der Waals surface area (Å²) in [7, 11) is 2.16. The van der Waals surface area contributed by atoms with Crippen molar-refractivity contribution >= 4 is 100 Å². The number of rotatable bonds is 3. The lowest BCUT2D eigenvalue weighted by Gasteiger charge is -2.43. The van der Waals surface area contributed by atoms with Gasteiger partial charge in [0, 0.05) is 32.0 Å². The molecule has 1 aliphatic heterocycles. The summed E-state index contributed by atoms with van der Waals surface area (Å²) < 4.78 is 2.47. The van der Waals surface area contributed by atoms with Gasteiger partial charge in [0.15, 0.2) is 0 Å². The first kappa shape index (κ1) is 29.3. The van der Waals surface area contributed by atoms with Gasteiger partial charge in [0.05, 0.1) is 33.0 Å². The van der Waals surface area contributed by atoms with E-state index in [0.717, 1.165) is 39.2 Å². The summed E-state index contributed by atoms with van der Waals surface area (Å²) in [6, 6.07) is 58.6. The standard InChI is InChI=1S/C46H29BN4S/c47-36-23-11-8-20-33(36)43-34-21-9-12-24-37(34)48-46(49-43)51-44-42(32-19-7-6-18-31(32)40-35-22-10-13-25-39(35)52-45(40)44)41-30-17-5-4-14-28(30)26-27-38(41)50(51)29-15-2-1-3-16-29/h1-27H,47H2. The summed E-state index contributed by atoms with van der Waals surface area (Å²) in [5.41, 5.74) is 9.70. The van der Waals surface area contributed by atoms with Crippen LogP contribution in [-0.4, -0.2) is 17.8 Å². The fourth-order valence-electron chi connectivity index (χ4n) is 8.22. The van der Waals surface area contributed by atoms with Gasteiger partial charge in [-0.05, 0) is 57.4 Å². The van der Waals surface area contributed by atoms with Crippen LogP contribution in [0.3, 0.4) is 0 Å². The fraction of sp³-hybridized carbons (Fsp3) is 0. The van der Waals surface area contributed by atoms with Crippen molar-refractivity contribution in [3.8, 4) is 22.4 Å². The highest BCUT2D eigenvalue weighted by atomic mass is 32.1. The second-order valence-electron chi connectivity index (χ2n) is 13.4. The molecular weight excluding hydrogens is 651 g/mol. The minimum Gasteiger partial charge on any atom is -0.246 e. The summed E-state index contributed by atoms with van der Waals surface area (Å²) in [6.07, 6.45) is 0. The van der Waals surface area contributed by atoms with Crippen molar-refractivity contribution in [2.75, 3.05) is 10.0 Å². The predicted octanol–water partition coefficient (Wildman–Crippen LogP) is 11.1. The van der Waals surface area contributed by atoms with E-state index in [9.17, 15) is 0 Å². The van der Waals surface area contributed by atoms with E-state index >= 15 is 0 Å². The van der Waals surface area contributed by atoms with Crippen LogP contribution in [0.2, 0.25) is 0 Å². The van der Waals surface area contributed by atoms with Crippen LogP contribution in [0.15, 0.2) is 164 Å². The quantitative estimate of drug-likeness (QED) is 0.174. The van der Waals surface area contributed by atoms with Crippen molar-refractivity contribution in [1.29, 1.82) is 0 Å². The largest absolute Gasteiger partial charge is 0.251 e. The molecular formula is C46H29BN4S. The molecule has 6 heteroatoms. The minimum atomic E-state index is 0.620. The first-order valence-corrected chi connectivity index (χ1v) is 18.4. The van der Waals surface area contributed by atoms with Crippen molar-refractivity contribution in [2.24, 2.45) is 0 Å². The van der Waals surface area contributed by atoms with Crippen molar-refractivity contribution in [2.45, 2.75) is 0 Å². The van der Waals surface area contributed by atoms with Gasteiger partial charge >= 0.3 is 0 Å². The molecule has 0 N–H and O–H groups in total. The van der Waals surface area contributed by atoms with E-state index in [1.807, 2.05) is 11.3 Å². The van der Waals surface area contributed by atoms with Crippen LogP contribution in [0.5, 0.6) is 0 Å². The Balaban J connectivity index is 1.37. The molecule has 0 bridgehead atoms. The molecule has 0 fully saturated rings. The monoisotopic (exact) mass is 680 g/mol. The molecule has 3 heterocycles. The number of para-hydroxylation sites is 2. The van der Waals surface area contributed by atoms with Gasteiger partial charge in [-0.1, -0.05) is 139 Å². The molecule has 8 aromatic carbocycles. The van der Waals surface area contributed by atoms with Crippen LogP contribution in [0, 0.1) is 0 Å². The molecule has 11 rings (SSSR count). The third-order valence-electron chi connectivity index (χ3n) is 10.5. The van der Waals surface area contributed by atoms with E-state index in [1.54, 1.807) is 0 Å². The molecule has 0 saturated carbocycles. The lowest BCUT2D eigenvalue weighted by Crippen LogP contribution is -2.40. The SMILES string of the molecule is Bc1ccccc1-c1nc(N2c3c(c4ccccc4c4c3sc3ccccc34)-c3c(ccc4ccccc34)N2c2ccccc2)nc2ccccc12. The number of anilines is 4. The van der Waals surface area contributed by atoms with Gasteiger partial charge in [-0.15, -0.1) is 11.3 Å². The summed E-state index contributed by atoms with van der Waals surface area (Å²) in [5, 5.41) is 13.1. The Morgan fingerprint density at radius 3 is 2.02 bits per heavy atom. The van der Waals surface area contributed by atoms with Crippen LogP contribution in [0.1, 0.15) is 0 Å². The molecule has 0 amide bonds. The molecule has 242 valence electrons. The molecule has 52 heavy (non-hydrogen) atoms. The smallest absolute Gasteiger partial charge is 0.246 e. The highest BCUT2D eigenvalue weighted by molar-refractivity contribution is 7.26. The third kappa shape index (κ3) is 4.16. The van der Waals surface area contributed by atoms with Crippen LogP contribution >= 0.6 is 11.3 Å². The Bertz CT molecular complexity index is 3060. The van der Waals surface area contributed by atoms with Gasteiger partial charge in [-0.2, -0.15) is 0 Å². The molecule has 0 atom stereocenters. The number of hydrogen-bond donors (Lipinski definition) is 0. The fourth-order valence-corrected chi connectivity index (χ4v) is 9.47. The van der Waals surface area contributed by atoms with Crippen LogP contribution in [-0.2, 0) is 0 Å². The first-order valence-electron chi connectivity index (χ1n) is 17.6. The van der Waals surface area contributed by atoms with E-state index in [0.29, 0.717) is 5.95 Å². The molecule has 0 saturated heterocycles. The predicted molar refractivity (Wildman–Crippen MR) is 224 cm³/mol. The molecule has 0 aliphatic carbocycles. The van der Waals surface area contributed by atoms with Crippen LogP contribution in [0.25, 0.3) is 75.0 Å². The number of fused-ring (bicyclic) bond motifs is 13. The molecule has 0 unspecified atom stereocenters. The minimum absolute atomic E-state index is 0.620. The number of hydrogen-bond acceptors (Lipinski definition) is 5. The van der Waals surface area contributed by atoms with Gasteiger partial charge in [-0.3, -0.25) is 0 Å². The second-order valence-corrected chi connectivity index (χ2v) is 14.5. The van der Waals surface area contributed by atoms with E-state index in [1.165, 1.54) is 58.3 Å². The normalized spacial score (nSPS) is 12.6. The lowest BCUT2D eigenvalue weighted by atomic mass is 9.87. The highest BCUT2D eigenvalue weighted by Gasteiger charge is 2.38. The van der Waals surface area contributed by atoms with Gasteiger partial charge in [0.25, 0.3) is 5.95 Å². The zero-order valence-corrected chi connectivity index (χ0v) is 29.1. The number of nitrogens with zero attached hydrogens (tertiary/aromatic N) is 4. The Kier molecular flexibility index (Phi) is 6.33. The number of aromatic nitrogens is 2. The third-order valence-corrected chi connectivity index (χ3v) is 11.7. The van der Waals surface area contributed by atoms with E-state index in [4.69, 9.17) is 9.97 Å². The molecule has 4 nitrogen and oxygen atoms in total. The topological polar surface area (TPSA) is 32.3 Å². The van der Waals surface area contributed by atoms with Gasteiger partial charge in [-0.25, -0.2) is 20.0 Å². The maximum atomic E-state index is 5.58. The summed E-state index contributed by atoms with van der Waals surface area (Å²) >= 11 is 1.85. The number of benzene rings is 8. The number of hydrazine groups is 1. The summed E-state index contributed by atoms with van der Waals surface area (Å²) in [5.74, 6) is 0.620. The Morgan fingerprint density at radius 1 is 0.500 bits per heavy atom. The zero-order chi connectivity index (χ0) is 34.3. The van der Waals surface area contributed by atoms with Gasteiger partial charge in [0.2, 0.25) is 0 Å². The first-order chi connectivity index (χ1) is 25.7. The maximum absolute atomic E-state index is 5.58. The Morgan fingerprint density at radius 2 is 1.17 bits per heavy atom. The van der Waals surface area contributed by atoms with E-state index in [-0.39, 0.29) is 0 Å². The van der Waals surface area contributed by atoms with E-state index < -0.39 is 0 Å². The molecule has 1 aliphatic rings. The molecule has 0 radical (unpaired) electrons. The average Bonchev–Trinajstić information content (AvgIpc) is 3.60. The summed E-state index contributed by atoms with van der Waals surface area (Å²) in [6.45, 7) is 0. The average molecular weight is 681 g/mol. The molecule has 10 aromatic rings. The van der Waals surface area contributed by atoms with Crippen molar-refractivity contribution in [3.63, 3.8) is 0 Å². The van der Waals surface area contributed by atoms with Crippen molar-refractivity contribution < 1.29 is 0 Å². The number of thiophene rings is 1. The molecule has 0 spiro atoms. The second kappa shape index (κ2) is 11.3. The van der Waals surface area contributed by atoms with Crippen molar-refractivity contribution in [1.82, 2.24) is 9.97 Å². The van der Waals surface area contributed by atoms with Crippen LogP contribution < -0.4 is 15.5 Å². The summed E-state index contributed by atoms with van der Waals surface area (Å²) in [4.78, 5) is 11.0. The van der Waals surface area contributed by atoms with Gasteiger partial charge in [0.1, 0.15) is 7.85 Å². The highest BCUT2D eigenvalue weighted by Crippen LogP contribution is 2.58.